The van der Waals surface area contributed by atoms with Crippen LogP contribution in [0.2, 0.25) is 0 Å². The van der Waals surface area contributed by atoms with Crippen molar-refractivity contribution in [2.45, 2.75) is 45.1 Å². The summed E-state index contributed by atoms with van der Waals surface area (Å²) in [7, 11) is 0. The van der Waals surface area contributed by atoms with Crippen LogP contribution in [0.1, 0.15) is 37.3 Å². The minimum absolute atomic E-state index is 0.0616. The molecule has 2 aromatic carbocycles. The predicted octanol–water partition coefficient (Wildman–Crippen LogP) is 5.18. The van der Waals surface area contributed by atoms with E-state index in [-0.39, 0.29) is 18.0 Å². The number of benzene rings is 2. The zero-order valence-electron chi connectivity index (χ0n) is 20.1. The van der Waals surface area contributed by atoms with E-state index in [0.717, 1.165) is 37.0 Å². The second-order valence-corrected chi connectivity index (χ2v) is 8.73. The molecule has 1 aliphatic heterocycles. The van der Waals surface area contributed by atoms with E-state index in [1.54, 1.807) is 23.2 Å². The maximum absolute atomic E-state index is 12.7. The van der Waals surface area contributed by atoms with Crippen molar-refractivity contribution in [3.05, 3.63) is 84.1 Å². The first-order valence-corrected chi connectivity index (χ1v) is 12.2. The quantitative estimate of drug-likeness (QED) is 0.473. The van der Waals surface area contributed by atoms with E-state index in [1.807, 2.05) is 48.5 Å². The van der Waals surface area contributed by atoms with Gasteiger partial charge in [-0.1, -0.05) is 49.4 Å². The third kappa shape index (κ3) is 7.30. The lowest BCUT2D eigenvalue weighted by atomic mass is 10.0. The number of nitrogens with one attached hydrogen (secondary N) is 2. The zero-order valence-corrected chi connectivity index (χ0v) is 20.1. The lowest BCUT2D eigenvalue weighted by Crippen LogP contribution is -2.47. The molecule has 2 heterocycles. The highest BCUT2D eigenvalue weighted by Gasteiger charge is 2.24. The Bertz CT molecular complexity index is 1110. The Morgan fingerprint density at radius 2 is 1.77 bits per heavy atom. The minimum atomic E-state index is -0.162. The van der Waals surface area contributed by atoms with E-state index in [0.29, 0.717) is 31.1 Å². The number of hydrogen-bond donors (Lipinski definition) is 2. The molecule has 0 unspecified atom stereocenters. The van der Waals surface area contributed by atoms with Crippen molar-refractivity contribution >= 4 is 17.6 Å². The van der Waals surface area contributed by atoms with Crippen LogP contribution in [-0.4, -0.2) is 41.0 Å². The number of urea groups is 1. The van der Waals surface area contributed by atoms with E-state index >= 15 is 0 Å². The molecule has 0 saturated carbocycles. The van der Waals surface area contributed by atoms with Gasteiger partial charge in [-0.15, -0.1) is 0 Å². The fraction of sp³-hybridized carbons (Fsp3) is 0.321. The highest BCUT2D eigenvalue weighted by atomic mass is 16.5. The van der Waals surface area contributed by atoms with Crippen molar-refractivity contribution in [3.63, 3.8) is 0 Å². The van der Waals surface area contributed by atoms with Crippen LogP contribution in [0.3, 0.4) is 0 Å². The lowest BCUT2D eigenvalue weighted by Gasteiger charge is -2.32. The summed E-state index contributed by atoms with van der Waals surface area (Å²) in [6.07, 6.45) is 5.22. The Kier molecular flexibility index (Phi) is 8.33. The second kappa shape index (κ2) is 12.0. The Labute approximate surface area is 206 Å². The molecule has 1 saturated heterocycles. The maximum Gasteiger partial charge on any atom is 0.321 e. The molecule has 7 heteroatoms. The molecule has 0 aliphatic carbocycles. The number of aromatic nitrogens is 1. The molecule has 3 aromatic rings. The molecule has 0 bridgehead atoms. The number of carbonyl (C=O) groups is 2. The third-order valence-electron chi connectivity index (χ3n) is 6.15. The second-order valence-electron chi connectivity index (χ2n) is 8.73. The van der Waals surface area contributed by atoms with Gasteiger partial charge >= 0.3 is 6.03 Å². The Morgan fingerprint density at radius 1 is 1.00 bits per heavy atom. The van der Waals surface area contributed by atoms with Crippen LogP contribution >= 0.6 is 0 Å². The van der Waals surface area contributed by atoms with Crippen LogP contribution in [0.4, 0.5) is 10.5 Å². The average Bonchev–Trinajstić information content (AvgIpc) is 2.90. The summed E-state index contributed by atoms with van der Waals surface area (Å²) in [5.41, 5.74) is 2.97. The average molecular weight is 473 g/mol. The van der Waals surface area contributed by atoms with E-state index in [9.17, 15) is 9.59 Å². The number of nitrogens with zero attached hydrogens (tertiary/aromatic N) is 2. The van der Waals surface area contributed by atoms with Gasteiger partial charge < -0.3 is 20.3 Å². The molecule has 7 nitrogen and oxygen atoms in total. The first-order chi connectivity index (χ1) is 17.1. The van der Waals surface area contributed by atoms with Crippen LogP contribution in [0.25, 0.3) is 0 Å². The third-order valence-corrected chi connectivity index (χ3v) is 6.15. The van der Waals surface area contributed by atoms with Crippen molar-refractivity contribution in [3.8, 4) is 11.6 Å². The topological polar surface area (TPSA) is 83.6 Å². The monoisotopic (exact) mass is 472 g/mol. The highest BCUT2D eigenvalue weighted by Crippen LogP contribution is 2.22. The summed E-state index contributed by atoms with van der Waals surface area (Å²) in [6.45, 7) is 3.29. The molecular formula is C28H32N4O3. The van der Waals surface area contributed by atoms with Gasteiger partial charge in [0.05, 0.1) is 11.9 Å². The number of piperidine rings is 1. The van der Waals surface area contributed by atoms with Crippen molar-refractivity contribution < 1.29 is 14.3 Å². The first-order valence-electron chi connectivity index (χ1n) is 12.2. The van der Waals surface area contributed by atoms with E-state index in [1.165, 1.54) is 5.56 Å². The number of hydrogen-bond acceptors (Lipinski definition) is 4. The molecule has 1 fully saturated rings. The summed E-state index contributed by atoms with van der Waals surface area (Å²) >= 11 is 0. The summed E-state index contributed by atoms with van der Waals surface area (Å²) in [5, 5.41) is 6.01. The molecule has 35 heavy (non-hydrogen) atoms. The van der Waals surface area contributed by atoms with Gasteiger partial charge in [-0.3, -0.25) is 4.79 Å². The number of ether oxygens (including phenoxy) is 1. The van der Waals surface area contributed by atoms with E-state index < -0.39 is 0 Å². The number of amides is 3. The van der Waals surface area contributed by atoms with Gasteiger partial charge in [-0.25, -0.2) is 9.78 Å². The van der Waals surface area contributed by atoms with Crippen molar-refractivity contribution in [2.75, 3.05) is 18.4 Å². The zero-order chi connectivity index (χ0) is 24.5. The number of aryl methyl sites for hydroxylation is 2. The van der Waals surface area contributed by atoms with Crippen LogP contribution in [-0.2, 0) is 17.6 Å². The fourth-order valence-electron chi connectivity index (χ4n) is 4.10. The molecule has 0 radical (unpaired) electrons. The maximum atomic E-state index is 12.7. The lowest BCUT2D eigenvalue weighted by molar-refractivity contribution is -0.122. The SMILES string of the molecule is CCc1cccc(Oc2ccc(NC(=O)N3CCC(NC(=O)CCc4ccccc4)CC3)cn2)c1. The highest BCUT2D eigenvalue weighted by molar-refractivity contribution is 5.89. The number of rotatable bonds is 8. The van der Waals surface area contributed by atoms with Gasteiger partial charge in [0.1, 0.15) is 5.75 Å². The predicted molar refractivity (Wildman–Crippen MR) is 137 cm³/mol. The number of pyridine rings is 1. The molecule has 182 valence electrons. The van der Waals surface area contributed by atoms with E-state index in [4.69, 9.17) is 4.74 Å². The fourth-order valence-corrected chi connectivity index (χ4v) is 4.10. The minimum Gasteiger partial charge on any atom is -0.439 e. The summed E-state index contributed by atoms with van der Waals surface area (Å²) in [5.74, 6) is 1.27. The van der Waals surface area contributed by atoms with Crippen molar-refractivity contribution in [1.82, 2.24) is 15.2 Å². The summed E-state index contributed by atoms with van der Waals surface area (Å²) < 4.78 is 5.81. The molecule has 1 aliphatic rings. The van der Waals surface area contributed by atoms with Gasteiger partial charge in [0, 0.05) is 31.6 Å². The molecule has 0 spiro atoms. The van der Waals surface area contributed by atoms with Crippen LogP contribution in [0.15, 0.2) is 72.9 Å². The number of likely N-dealkylation sites (tertiary alicyclic amines) is 1. The van der Waals surface area contributed by atoms with Gasteiger partial charge in [-0.2, -0.15) is 0 Å². The van der Waals surface area contributed by atoms with Gasteiger partial charge in [0.2, 0.25) is 11.8 Å². The van der Waals surface area contributed by atoms with Gasteiger partial charge in [0.25, 0.3) is 0 Å². The number of carbonyl (C=O) groups excluding carboxylic acids is 2. The molecule has 2 N–H and O–H groups in total. The largest absolute Gasteiger partial charge is 0.439 e. The van der Waals surface area contributed by atoms with Crippen LogP contribution < -0.4 is 15.4 Å². The normalized spacial score (nSPS) is 13.8. The molecular weight excluding hydrogens is 440 g/mol. The van der Waals surface area contributed by atoms with E-state index in [2.05, 4.69) is 28.6 Å². The summed E-state index contributed by atoms with van der Waals surface area (Å²) in [4.78, 5) is 31.0. The Morgan fingerprint density at radius 3 is 2.49 bits per heavy atom. The molecule has 3 amide bonds. The van der Waals surface area contributed by atoms with Crippen LogP contribution in [0, 0.1) is 0 Å². The van der Waals surface area contributed by atoms with Crippen LogP contribution in [0.5, 0.6) is 11.6 Å². The van der Waals surface area contributed by atoms with Gasteiger partial charge in [-0.05, 0) is 55.0 Å². The van der Waals surface area contributed by atoms with Crippen molar-refractivity contribution in [2.24, 2.45) is 0 Å². The Balaban J connectivity index is 1.19. The molecule has 4 rings (SSSR count). The summed E-state index contributed by atoms with van der Waals surface area (Å²) in [6, 6.07) is 21.4. The Hall–Kier alpha value is -3.87. The number of anilines is 1. The standard InChI is InChI=1S/C28H32N4O3/c1-2-21-9-6-10-25(19-21)35-27-14-12-24(20-29-27)31-28(34)32-17-15-23(16-18-32)30-26(33)13-11-22-7-4-3-5-8-22/h3-10,12,14,19-20,23H,2,11,13,15-18H2,1H3,(H,30,33)(H,31,34). The smallest absolute Gasteiger partial charge is 0.321 e. The van der Waals surface area contributed by atoms with Crippen molar-refractivity contribution in [1.29, 1.82) is 0 Å². The first kappa shape index (κ1) is 24.3. The molecule has 0 atom stereocenters. The molecule has 1 aromatic heterocycles. The van der Waals surface area contributed by atoms with Gasteiger partial charge in [0.15, 0.2) is 0 Å².